The van der Waals surface area contributed by atoms with Gasteiger partial charge in [0.05, 0.1) is 6.20 Å². The minimum atomic E-state index is -0.582. The van der Waals surface area contributed by atoms with Gasteiger partial charge in [-0.25, -0.2) is 14.8 Å². The van der Waals surface area contributed by atoms with Gasteiger partial charge in [-0.2, -0.15) is 9.36 Å². The number of nitrogens with one attached hydrogen (secondary N) is 2. The Kier molecular flexibility index (Phi) is 4.55. The lowest BCUT2D eigenvalue weighted by molar-refractivity contribution is 0.138. The standard InChI is InChI=1S/C18H18N6O3S/c1-18(2)8-10-7-11(21-9-13(10)27-18)14-22-16(28-24-14)23-15-12(5-4-6-20-15)26-17(25)19-3/h4-7,9H,8H2,1-3H3,(H,19,25)(H,20,22,23,24). The molecule has 1 aliphatic heterocycles. The summed E-state index contributed by atoms with van der Waals surface area (Å²) in [6.07, 6.45) is 3.52. The number of amides is 1. The number of pyridine rings is 2. The van der Waals surface area contributed by atoms with Crippen LogP contribution >= 0.6 is 11.5 Å². The van der Waals surface area contributed by atoms with Crippen molar-refractivity contribution in [2.75, 3.05) is 12.4 Å². The summed E-state index contributed by atoms with van der Waals surface area (Å²) in [7, 11) is 1.48. The molecule has 0 saturated heterocycles. The Hall–Kier alpha value is -3.27. The van der Waals surface area contributed by atoms with Crippen molar-refractivity contribution in [3.8, 4) is 23.0 Å². The van der Waals surface area contributed by atoms with Crippen LogP contribution in [0.2, 0.25) is 0 Å². The van der Waals surface area contributed by atoms with Crippen molar-refractivity contribution >= 4 is 28.6 Å². The maximum atomic E-state index is 11.5. The van der Waals surface area contributed by atoms with E-state index in [-0.39, 0.29) is 11.4 Å². The molecule has 0 atom stereocenters. The van der Waals surface area contributed by atoms with E-state index in [2.05, 4.69) is 30.0 Å². The van der Waals surface area contributed by atoms with E-state index in [1.165, 1.54) is 18.6 Å². The van der Waals surface area contributed by atoms with Gasteiger partial charge in [-0.15, -0.1) is 0 Å². The highest BCUT2D eigenvalue weighted by Crippen LogP contribution is 2.36. The van der Waals surface area contributed by atoms with Crippen LogP contribution in [-0.4, -0.2) is 38.1 Å². The molecule has 9 nitrogen and oxygen atoms in total. The Balaban J connectivity index is 1.55. The van der Waals surface area contributed by atoms with Crippen LogP contribution in [0.15, 0.2) is 30.6 Å². The van der Waals surface area contributed by atoms with Gasteiger partial charge >= 0.3 is 6.09 Å². The number of rotatable bonds is 4. The van der Waals surface area contributed by atoms with Gasteiger partial charge in [0.1, 0.15) is 17.0 Å². The Bertz CT molecular complexity index is 1040. The van der Waals surface area contributed by atoms with E-state index in [4.69, 9.17) is 9.47 Å². The molecule has 0 spiro atoms. The van der Waals surface area contributed by atoms with Crippen molar-refractivity contribution in [1.82, 2.24) is 24.6 Å². The zero-order valence-corrected chi connectivity index (χ0v) is 16.3. The Morgan fingerprint density at radius 3 is 3.04 bits per heavy atom. The first-order chi connectivity index (χ1) is 13.4. The molecule has 0 saturated carbocycles. The summed E-state index contributed by atoms with van der Waals surface area (Å²) < 4.78 is 15.4. The van der Waals surface area contributed by atoms with Crippen LogP contribution in [0.4, 0.5) is 15.7 Å². The lowest BCUT2D eigenvalue weighted by atomic mass is 10.0. The van der Waals surface area contributed by atoms with Crippen LogP contribution < -0.4 is 20.1 Å². The number of fused-ring (bicyclic) bond motifs is 1. The SMILES string of the molecule is CNC(=O)Oc1cccnc1Nc1nc(-c2cc3c(cn2)OC(C)(C)C3)ns1. The minimum Gasteiger partial charge on any atom is -0.486 e. The zero-order chi connectivity index (χ0) is 19.7. The van der Waals surface area contributed by atoms with E-state index in [1.54, 1.807) is 24.5 Å². The predicted molar refractivity (Wildman–Crippen MR) is 104 cm³/mol. The molecule has 2 N–H and O–H groups in total. The highest BCUT2D eigenvalue weighted by Gasteiger charge is 2.30. The Morgan fingerprint density at radius 1 is 1.36 bits per heavy atom. The van der Waals surface area contributed by atoms with Crippen molar-refractivity contribution < 1.29 is 14.3 Å². The van der Waals surface area contributed by atoms with Gasteiger partial charge < -0.3 is 20.1 Å². The molecule has 0 aliphatic carbocycles. The molecule has 0 bridgehead atoms. The van der Waals surface area contributed by atoms with Crippen LogP contribution in [0, 0.1) is 0 Å². The Morgan fingerprint density at radius 2 is 2.21 bits per heavy atom. The van der Waals surface area contributed by atoms with Crippen LogP contribution in [-0.2, 0) is 6.42 Å². The number of carbonyl (C=O) groups excluding carboxylic acids is 1. The second-order valence-electron chi connectivity index (χ2n) is 6.75. The molecule has 144 valence electrons. The summed E-state index contributed by atoms with van der Waals surface area (Å²) in [5, 5.41) is 5.94. The fourth-order valence-corrected chi connectivity index (χ4v) is 3.40. The smallest absolute Gasteiger partial charge is 0.412 e. The van der Waals surface area contributed by atoms with Gasteiger partial charge in [0.2, 0.25) is 5.13 Å². The average Bonchev–Trinajstić information content (AvgIpc) is 3.24. The van der Waals surface area contributed by atoms with E-state index in [9.17, 15) is 4.79 Å². The lowest BCUT2D eigenvalue weighted by Crippen LogP contribution is -2.24. The average molecular weight is 398 g/mol. The third-order valence-corrected chi connectivity index (χ3v) is 4.64. The first kappa shape index (κ1) is 18.1. The number of nitrogens with zero attached hydrogens (tertiary/aromatic N) is 4. The normalized spacial score (nSPS) is 14.1. The molecule has 10 heteroatoms. The molecule has 1 aliphatic rings. The van der Waals surface area contributed by atoms with Crippen LogP contribution in [0.3, 0.4) is 0 Å². The van der Waals surface area contributed by atoms with Gasteiger partial charge in [-0.05, 0) is 32.0 Å². The van der Waals surface area contributed by atoms with Crippen molar-refractivity contribution in [2.45, 2.75) is 25.9 Å². The fourth-order valence-electron chi connectivity index (χ4n) is 2.83. The minimum absolute atomic E-state index is 0.231. The number of carbonyl (C=O) groups is 1. The van der Waals surface area contributed by atoms with Gasteiger partial charge in [0.25, 0.3) is 0 Å². The topological polar surface area (TPSA) is 111 Å². The molecule has 28 heavy (non-hydrogen) atoms. The lowest BCUT2D eigenvalue weighted by Gasteiger charge is -2.16. The molecule has 0 fully saturated rings. The Labute approximate surface area is 165 Å². The molecule has 0 unspecified atom stereocenters. The van der Waals surface area contributed by atoms with Gasteiger partial charge in [0.15, 0.2) is 17.4 Å². The van der Waals surface area contributed by atoms with Crippen molar-refractivity contribution in [1.29, 1.82) is 0 Å². The second-order valence-corrected chi connectivity index (χ2v) is 7.51. The van der Waals surface area contributed by atoms with Crippen LogP contribution in [0.25, 0.3) is 11.5 Å². The van der Waals surface area contributed by atoms with Gasteiger partial charge in [-0.3, -0.25) is 0 Å². The largest absolute Gasteiger partial charge is 0.486 e. The highest BCUT2D eigenvalue weighted by atomic mass is 32.1. The van der Waals surface area contributed by atoms with Crippen molar-refractivity contribution in [3.63, 3.8) is 0 Å². The van der Waals surface area contributed by atoms with Crippen molar-refractivity contribution in [3.05, 3.63) is 36.2 Å². The highest BCUT2D eigenvalue weighted by molar-refractivity contribution is 7.09. The maximum absolute atomic E-state index is 11.5. The van der Waals surface area contributed by atoms with E-state index in [1.807, 2.05) is 19.9 Å². The number of anilines is 2. The molecule has 3 aromatic heterocycles. The number of hydrogen-bond acceptors (Lipinski definition) is 9. The summed E-state index contributed by atoms with van der Waals surface area (Å²) in [6.45, 7) is 4.09. The maximum Gasteiger partial charge on any atom is 0.412 e. The van der Waals surface area contributed by atoms with Crippen LogP contribution in [0.5, 0.6) is 11.5 Å². The molecular formula is C18H18N6O3S. The van der Waals surface area contributed by atoms with Gasteiger partial charge in [-0.1, -0.05) is 0 Å². The molecule has 1 amide bonds. The van der Waals surface area contributed by atoms with E-state index < -0.39 is 6.09 Å². The van der Waals surface area contributed by atoms with Crippen molar-refractivity contribution in [2.24, 2.45) is 0 Å². The molecule has 4 rings (SSSR count). The third-order valence-electron chi connectivity index (χ3n) is 4.01. The zero-order valence-electron chi connectivity index (χ0n) is 15.5. The van der Waals surface area contributed by atoms with Gasteiger partial charge in [0, 0.05) is 36.8 Å². The summed E-state index contributed by atoms with van der Waals surface area (Å²) in [6, 6.07) is 5.26. The molecular weight excluding hydrogens is 380 g/mol. The number of ether oxygens (including phenoxy) is 2. The first-order valence-electron chi connectivity index (χ1n) is 8.57. The molecule has 0 radical (unpaired) electrons. The van der Waals surface area contributed by atoms with E-state index >= 15 is 0 Å². The van der Waals surface area contributed by atoms with E-state index in [0.29, 0.717) is 22.5 Å². The quantitative estimate of drug-likeness (QED) is 0.689. The summed E-state index contributed by atoms with van der Waals surface area (Å²) in [4.78, 5) is 24.6. The molecule has 3 aromatic rings. The molecule has 0 aromatic carbocycles. The molecule has 4 heterocycles. The van der Waals surface area contributed by atoms with E-state index in [0.717, 1.165) is 17.7 Å². The predicted octanol–water partition coefficient (Wildman–Crippen LogP) is 3.17. The summed E-state index contributed by atoms with van der Waals surface area (Å²) in [5.74, 6) is 1.95. The number of hydrogen-bond donors (Lipinski definition) is 2. The second kappa shape index (κ2) is 7.04. The van der Waals surface area contributed by atoms with Crippen LogP contribution in [0.1, 0.15) is 19.4 Å². The fraction of sp³-hybridized carbons (Fsp3) is 0.278. The number of aromatic nitrogens is 4. The monoisotopic (exact) mass is 398 g/mol. The third kappa shape index (κ3) is 3.72. The summed E-state index contributed by atoms with van der Waals surface area (Å²) >= 11 is 1.17. The summed E-state index contributed by atoms with van der Waals surface area (Å²) in [5.41, 5.74) is 1.53. The first-order valence-corrected chi connectivity index (χ1v) is 9.34.